The number of hydrogen-bond donors (Lipinski definition) is 0. The molecule has 0 radical (unpaired) electrons. The molecular formula is C22H13BrN2O3S. The predicted octanol–water partition coefficient (Wildman–Crippen LogP) is 5.04. The van der Waals surface area contributed by atoms with Gasteiger partial charge in [0.15, 0.2) is 0 Å². The Kier molecular flexibility index (Phi) is 4.41. The van der Waals surface area contributed by atoms with E-state index in [0.717, 1.165) is 14.7 Å². The Labute approximate surface area is 177 Å². The maximum absolute atomic E-state index is 13.5. The minimum Gasteiger partial charge on any atom is -0.467 e. The van der Waals surface area contributed by atoms with Gasteiger partial charge in [-0.05, 0) is 36.4 Å². The molecule has 7 heteroatoms. The molecule has 0 fully saturated rings. The molecular weight excluding hydrogens is 452 g/mol. The average Bonchev–Trinajstić information content (AvgIpc) is 3.23. The third-order valence-electron chi connectivity index (χ3n) is 4.68. The van der Waals surface area contributed by atoms with E-state index in [1.54, 1.807) is 30.5 Å². The van der Waals surface area contributed by atoms with Gasteiger partial charge in [-0.1, -0.05) is 40.2 Å². The topological polar surface area (TPSA) is 65.1 Å². The number of fused-ring (bicyclic) bond motifs is 2. The molecule has 29 heavy (non-hydrogen) atoms. The van der Waals surface area contributed by atoms with E-state index >= 15 is 0 Å². The second-order valence-electron chi connectivity index (χ2n) is 6.52. The lowest BCUT2D eigenvalue weighted by Crippen LogP contribution is -2.27. The van der Waals surface area contributed by atoms with Gasteiger partial charge >= 0.3 is 0 Å². The quantitative estimate of drug-likeness (QED) is 0.350. The van der Waals surface area contributed by atoms with Gasteiger partial charge < -0.3 is 4.42 Å². The van der Waals surface area contributed by atoms with E-state index in [-0.39, 0.29) is 22.9 Å². The SMILES string of the molecule is O=c1c2ccccc2sc2nc(-c3cccc(Br)c3)n(Cc3ccco3)c(=O)c12. The first-order valence-corrected chi connectivity index (χ1v) is 10.5. The number of halogens is 1. The highest BCUT2D eigenvalue weighted by Gasteiger charge is 2.18. The normalized spacial score (nSPS) is 11.3. The molecule has 0 aliphatic carbocycles. The van der Waals surface area contributed by atoms with Crippen molar-refractivity contribution in [3.05, 3.63) is 97.7 Å². The Morgan fingerprint density at radius 1 is 1.03 bits per heavy atom. The van der Waals surface area contributed by atoms with E-state index in [2.05, 4.69) is 15.9 Å². The van der Waals surface area contributed by atoms with Gasteiger partial charge in [-0.25, -0.2) is 4.98 Å². The van der Waals surface area contributed by atoms with Crippen LogP contribution in [0, 0.1) is 0 Å². The van der Waals surface area contributed by atoms with Gasteiger partial charge in [0.1, 0.15) is 21.8 Å². The fraction of sp³-hybridized carbons (Fsp3) is 0.0455. The molecule has 0 bridgehead atoms. The smallest absolute Gasteiger partial charge is 0.266 e. The fourth-order valence-electron chi connectivity index (χ4n) is 3.34. The number of furan rings is 1. The van der Waals surface area contributed by atoms with E-state index in [4.69, 9.17) is 9.40 Å². The first-order chi connectivity index (χ1) is 14.1. The first kappa shape index (κ1) is 18.0. The van der Waals surface area contributed by atoms with Gasteiger partial charge in [-0.2, -0.15) is 0 Å². The molecule has 0 spiro atoms. The van der Waals surface area contributed by atoms with Crippen molar-refractivity contribution in [2.75, 3.05) is 0 Å². The molecule has 2 aromatic carbocycles. The molecule has 0 aliphatic rings. The van der Waals surface area contributed by atoms with Gasteiger partial charge in [0.25, 0.3) is 5.56 Å². The lowest BCUT2D eigenvalue weighted by Gasteiger charge is -2.13. The standard InChI is InChI=1S/C22H13BrN2O3S/c23-14-6-3-5-13(11-14)20-24-21-18(19(26)16-8-1-2-9-17(16)29-21)22(27)25(20)12-15-7-4-10-28-15/h1-11H,12H2. The van der Waals surface area contributed by atoms with E-state index in [1.807, 2.05) is 36.4 Å². The summed E-state index contributed by atoms with van der Waals surface area (Å²) in [5, 5.41) is 0.641. The van der Waals surface area contributed by atoms with Crippen molar-refractivity contribution in [2.24, 2.45) is 0 Å². The van der Waals surface area contributed by atoms with Crippen LogP contribution in [0.25, 0.3) is 31.7 Å². The lowest BCUT2D eigenvalue weighted by atomic mass is 10.2. The molecule has 0 unspecified atom stereocenters. The summed E-state index contributed by atoms with van der Waals surface area (Å²) in [6.45, 7) is 0.188. The van der Waals surface area contributed by atoms with Crippen LogP contribution in [0.5, 0.6) is 0 Å². The van der Waals surface area contributed by atoms with E-state index in [9.17, 15) is 9.59 Å². The van der Waals surface area contributed by atoms with Gasteiger partial charge in [0, 0.05) is 20.1 Å². The van der Waals surface area contributed by atoms with Crippen molar-refractivity contribution in [2.45, 2.75) is 6.54 Å². The molecule has 0 amide bonds. The number of rotatable bonds is 3. The molecule has 0 N–H and O–H groups in total. The minimum atomic E-state index is -0.367. The molecule has 0 saturated carbocycles. The van der Waals surface area contributed by atoms with Crippen LogP contribution in [0.1, 0.15) is 5.76 Å². The Hall–Kier alpha value is -3.03. The van der Waals surface area contributed by atoms with Crippen molar-refractivity contribution in [1.29, 1.82) is 0 Å². The maximum atomic E-state index is 13.5. The predicted molar refractivity (Wildman–Crippen MR) is 119 cm³/mol. The summed E-state index contributed by atoms with van der Waals surface area (Å²) in [6.07, 6.45) is 1.56. The van der Waals surface area contributed by atoms with Gasteiger partial charge in [-0.3, -0.25) is 14.2 Å². The molecule has 0 saturated heterocycles. The first-order valence-electron chi connectivity index (χ1n) is 8.86. The molecule has 5 aromatic rings. The van der Waals surface area contributed by atoms with Crippen LogP contribution < -0.4 is 11.0 Å². The molecule has 3 heterocycles. The van der Waals surface area contributed by atoms with Crippen LogP contribution in [-0.2, 0) is 6.54 Å². The molecule has 142 valence electrons. The summed E-state index contributed by atoms with van der Waals surface area (Å²) in [5.41, 5.74) is 0.118. The Bertz CT molecular complexity index is 1490. The third-order valence-corrected chi connectivity index (χ3v) is 6.24. The zero-order chi connectivity index (χ0) is 20.0. The summed E-state index contributed by atoms with van der Waals surface area (Å²) in [7, 11) is 0. The van der Waals surface area contributed by atoms with Gasteiger partial charge in [-0.15, -0.1) is 11.3 Å². The van der Waals surface area contributed by atoms with E-state index in [0.29, 0.717) is 21.8 Å². The molecule has 3 aromatic heterocycles. The Morgan fingerprint density at radius 3 is 2.69 bits per heavy atom. The van der Waals surface area contributed by atoms with Gasteiger partial charge in [0.2, 0.25) is 5.43 Å². The summed E-state index contributed by atoms with van der Waals surface area (Å²) in [6, 6.07) is 18.4. The number of nitrogens with zero attached hydrogens (tertiary/aromatic N) is 2. The summed E-state index contributed by atoms with van der Waals surface area (Å²) < 4.78 is 8.63. The third kappa shape index (κ3) is 3.12. The highest BCUT2D eigenvalue weighted by Crippen LogP contribution is 2.26. The maximum Gasteiger partial charge on any atom is 0.266 e. The molecule has 5 nitrogen and oxygen atoms in total. The van der Waals surface area contributed by atoms with E-state index < -0.39 is 0 Å². The van der Waals surface area contributed by atoms with E-state index in [1.165, 1.54) is 15.9 Å². The van der Waals surface area contributed by atoms with Crippen molar-refractivity contribution in [3.63, 3.8) is 0 Å². The second-order valence-corrected chi connectivity index (χ2v) is 8.47. The highest BCUT2D eigenvalue weighted by molar-refractivity contribution is 9.10. The minimum absolute atomic E-state index is 0.110. The zero-order valence-electron chi connectivity index (χ0n) is 15.0. The summed E-state index contributed by atoms with van der Waals surface area (Å²) in [5.74, 6) is 1.10. The Morgan fingerprint density at radius 2 is 1.90 bits per heavy atom. The highest BCUT2D eigenvalue weighted by atomic mass is 79.9. The number of aromatic nitrogens is 2. The average molecular weight is 465 g/mol. The fourth-order valence-corrected chi connectivity index (χ4v) is 4.78. The van der Waals surface area contributed by atoms with Crippen molar-refractivity contribution < 1.29 is 4.42 Å². The van der Waals surface area contributed by atoms with Crippen LogP contribution in [0.15, 0.2) is 85.4 Å². The summed E-state index contributed by atoms with van der Waals surface area (Å²) >= 11 is 4.83. The largest absolute Gasteiger partial charge is 0.467 e. The lowest BCUT2D eigenvalue weighted by molar-refractivity contribution is 0.490. The van der Waals surface area contributed by atoms with Crippen molar-refractivity contribution in [1.82, 2.24) is 9.55 Å². The monoisotopic (exact) mass is 464 g/mol. The molecule has 0 atom stereocenters. The number of benzene rings is 2. The van der Waals surface area contributed by atoms with Crippen LogP contribution in [0.2, 0.25) is 0 Å². The molecule has 5 rings (SSSR count). The van der Waals surface area contributed by atoms with Crippen molar-refractivity contribution in [3.8, 4) is 11.4 Å². The van der Waals surface area contributed by atoms with Crippen LogP contribution in [0.4, 0.5) is 0 Å². The Balaban J connectivity index is 1.90. The molecule has 0 aliphatic heterocycles. The zero-order valence-corrected chi connectivity index (χ0v) is 17.4. The van der Waals surface area contributed by atoms with Crippen LogP contribution >= 0.6 is 27.3 Å². The van der Waals surface area contributed by atoms with Crippen molar-refractivity contribution >= 4 is 47.6 Å². The number of hydrogen-bond acceptors (Lipinski definition) is 5. The van der Waals surface area contributed by atoms with Crippen LogP contribution in [-0.4, -0.2) is 9.55 Å². The summed E-state index contributed by atoms with van der Waals surface area (Å²) in [4.78, 5) is 31.8. The van der Waals surface area contributed by atoms with Crippen LogP contribution in [0.3, 0.4) is 0 Å². The second kappa shape index (κ2) is 7.09. The van der Waals surface area contributed by atoms with Gasteiger partial charge in [0.05, 0.1) is 12.8 Å².